The maximum absolute atomic E-state index is 12.5. The van der Waals surface area contributed by atoms with Gasteiger partial charge in [0.25, 0.3) is 0 Å². The molecule has 90 valence electrons. The van der Waals surface area contributed by atoms with Crippen LogP contribution in [0.1, 0.15) is 32.1 Å². The molecule has 1 aromatic rings. The van der Waals surface area contributed by atoms with Gasteiger partial charge in [-0.05, 0) is 31.2 Å². The molecule has 1 heterocycles. The van der Waals surface area contributed by atoms with Crippen molar-refractivity contribution in [2.75, 3.05) is 6.54 Å². The van der Waals surface area contributed by atoms with Gasteiger partial charge in [-0.3, -0.25) is 4.57 Å². The number of halogens is 2. The van der Waals surface area contributed by atoms with E-state index in [0.717, 1.165) is 17.0 Å². The van der Waals surface area contributed by atoms with Gasteiger partial charge in [-0.15, -0.1) is 0 Å². The van der Waals surface area contributed by atoms with Crippen molar-refractivity contribution in [1.29, 1.82) is 0 Å². The fourth-order valence-electron chi connectivity index (χ4n) is 1.90. The topological polar surface area (TPSA) is 29.9 Å². The van der Waals surface area contributed by atoms with Gasteiger partial charge in [0.15, 0.2) is 0 Å². The van der Waals surface area contributed by atoms with Crippen LogP contribution >= 0.6 is 0 Å². The SMILES string of the molecule is CC(CNCc1nccn1C(F)F)C1CC1. The second kappa shape index (κ2) is 4.91. The van der Waals surface area contributed by atoms with E-state index in [-0.39, 0.29) is 0 Å². The maximum atomic E-state index is 12.5. The molecule has 1 fully saturated rings. The van der Waals surface area contributed by atoms with Crippen molar-refractivity contribution in [2.24, 2.45) is 11.8 Å². The molecule has 2 rings (SSSR count). The molecule has 1 aromatic heterocycles. The third kappa shape index (κ3) is 2.78. The number of hydrogen-bond donors (Lipinski definition) is 1. The lowest BCUT2D eigenvalue weighted by Crippen LogP contribution is -2.23. The number of rotatable bonds is 6. The van der Waals surface area contributed by atoms with Gasteiger partial charge in [-0.25, -0.2) is 4.98 Å². The molecule has 1 N–H and O–H groups in total. The first kappa shape index (κ1) is 11.5. The Balaban J connectivity index is 1.77. The molecule has 0 aromatic carbocycles. The van der Waals surface area contributed by atoms with E-state index >= 15 is 0 Å². The van der Waals surface area contributed by atoms with Gasteiger partial charge >= 0.3 is 6.55 Å². The molecule has 1 unspecified atom stereocenters. The zero-order chi connectivity index (χ0) is 11.5. The fraction of sp³-hybridized carbons (Fsp3) is 0.727. The van der Waals surface area contributed by atoms with Crippen molar-refractivity contribution in [3.05, 3.63) is 18.2 Å². The van der Waals surface area contributed by atoms with Crippen molar-refractivity contribution in [3.8, 4) is 0 Å². The van der Waals surface area contributed by atoms with Crippen molar-refractivity contribution in [3.63, 3.8) is 0 Å². The predicted molar refractivity (Wildman–Crippen MR) is 57.1 cm³/mol. The van der Waals surface area contributed by atoms with E-state index in [4.69, 9.17) is 0 Å². The van der Waals surface area contributed by atoms with Crippen molar-refractivity contribution < 1.29 is 8.78 Å². The Morgan fingerprint density at radius 3 is 2.94 bits per heavy atom. The Labute approximate surface area is 93.9 Å². The summed E-state index contributed by atoms with van der Waals surface area (Å²) in [6, 6.07) is 0. The summed E-state index contributed by atoms with van der Waals surface area (Å²) in [6.45, 7) is 0.986. The molecule has 0 saturated heterocycles. The summed E-state index contributed by atoms with van der Waals surface area (Å²) >= 11 is 0. The Morgan fingerprint density at radius 2 is 2.31 bits per heavy atom. The van der Waals surface area contributed by atoms with Crippen LogP contribution in [0.4, 0.5) is 8.78 Å². The first-order valence-electron chi connectivity index (χ1n) is 5.69. The molecule has 1 aliphatic rings. The van der Waals surface area contributed by atoms with Gasteiger partial charge < -0.3 is 5.32 Å². The maximum Gasteiger partial charge on any atom is 0.319 e. The molecule has 1 aliphatic carbocycles. The van der Waals surface area contributed by atoms with Crippen molar-refractivity contribution in [2.45, 2.75) is 32.9 Å². The van der Waals surface area contributed by atoms with Gasteiger partial charge in [0, 0.05) is 12.4 Å². The summed E-state index contributed by atoms with van der Waals surface area (Å²) in [7, 11) is 0. The van der Waals surface area contributed by atoms with Crippen molar-refractivity contribution >= 4 is 0 Å². The highest BCUT2D eigenvalue weighted by Gasteiger charge is 2.27. The van der Waals surface area contributed by atoms with Crippen LogP contribution in [-0.2, 0) is 6.54 Å². The highest BCUT2D eigenvalue weighted by molar-refractivity contribution is 4.92. The lowest BCUT2D eigenvalue weighted by atomic mass is 10.1. The first-order valence-corrected chi connectivity index (χ1v) is 5.69. The number of nitrogens with one attached hydrogen (secondary N) is 1. The van der Waals surface area contributed by atoms with Gasteiger partial charge in [0.05, 0.1) is 6.54 Å². The van der Waals surface area contributed by atoms with Crippen LogP contribution in [0, 0.1) is 11.8 Å². The van der Waals surface area contributed by atoms with Crippen molar-refractivity contribution in [1.82, 2.24) is 14.9 Å². The monoisotopic (exact) mass is 229 g/mol. The minimum atomic E-state index is -2.50. The zero-order valence-electron chi connectivity index (χ0n) is 9.37. The minimum Gasteiger partial charge on any atom is -0.310 e. The highest BCUT2D eigenvalue weighted by atomic mass is 19.3. The van der Waals surface area contributed by atoms with E-state index in [1.807, 2.05) is 0 Å². The summed E-state index contributed by atoms with van der Waals surface area (Å²) in [4.78, 5) is 3.92. The molecule has 0 radical (unpaired) electrons. The average Bonchev–Trinajstić information content (AvgIpc) is 2.98. The number of imidazole rings is 1. The molecule has 1 atom stereocenters. The van der Waals surface area contributed by atoms with Gasteiger partial charge in [-0.2, -0.15) is 8.78 Å². The summed E-state index contributed by atoms with van der Waals surface area (Å²) in [5.74, 6) is 1.87. The smallest absolute Gasteiger partial charge is 0.310 e. The average molecular weight is 229 g/mol. The zero-order valence-corrected chi connectivity index (χ0v) is 9.37. The molecule has 16 heavy (non-hydrogen) atoms. The Hall–Kier alpha value is -0.970. The van der Waals surface area contributed by atoms with Crippen LogP contribution in [0.25, 0.3) is 0 Å². The molecular weight excluding hydrogens is 212 g/mol. The highest BCUT2D eigenvalue weighted by Crippen LogP contribution is 2.36. The van der Waals surface area contributed by atoms with E-state index in [9.17, 15) is 8.78 Å². The molecule has 5 heteroatoms. The third-order valence-corrected chi connectivity index (χ3v) is 3.14. The van der Waals surface area contributed by atoms with E-state index in [2.05, 4.69) is 17.2 Å². The predicted octanol–water partition coefficient (Wildman–Crippen LogP) is 2.41. The molecule has 1 saturated carbocycles. The van der Waals surface area contributed by atoms with Crippen LogP contribution in [-0.4, -0.2) is 16.1 Å². The lowest BCUT2D eigenvalue weighted by Gasteiger charge is -2.12. The minimum absolute atomic E-state index is 0.401. The van der Waals surface area contributed by atoms with E-state index in [0.29, 0.717) is 18.3 Å². The number of hydrogen-bond acceptors (Lipinski definition) is 2. The molecule has 0 aliphatic heterocycles. The summed E-state index contributed by atoms with van der Waals surface area (Å²) in [5, 5.41) is 3.19. The first-order chi connectivity index (χ1) is 7.68. The lowest BCUT2D eigenvalue weighted by molar-refractivity contribution is 0.0666. The Kier molecular flexibility index (Phi) is 3.53. The number of alkyl halides is 2. The third-order valence-electron chi connectivity index (χ3n) is 3.14. The second-order valence-electron chi connectivity index (χ2n) is 4.47. The normalized spacial score (nSPS) is 18.0. The number of aromatic nitrogens is 2. The number of nitrogens with zero attached hydrogens (tertiary/aromatic N) is 2. The van der Waals surface area contributed by atoms with Crippen LogP contribution in [0.2, 0.25) is 0 Å². The summed E-state index contributed by atoms with van der Waals surface area (Å²) < 4.78 is 25.9. The summed E-state index contributed by atoms with van der Waals surface area (Å²) in [6.07, 6.45) is 5.35. The van der Waals surface area contributed by atoms with E-state index in [1.54, 1.807) is 0 Å². The Bertz CT molecular complexity index is 334. The summed E-state index contributed by atoms with van der Waals surface area (Å²) in [5.41, 5.74) is 0. The van der Waals surface area contributed by atoms with Gasteiger partial charge in [0.1, 0.15) is 5.82 Å². The Morgan fingerprint density at radius 1 is 1.56 bits per heavy atom. The second-order valence-corrected chi connectivity index (χ2v) is 4.47. The fourth-order valence-corrected chi connectivity index (χ4v) is 1.90. The molecule has 0 spiro atoms. The van der Waals surface area contributed by atoms with E-state index < -0.39 is 6.55 Å². The van der Waals surface area contributed by atoms with Gasteiger partial charge in [-0.1, -0.05) is 6.92 Å². The largest absolute Gasteiger partial charge is 0.319 e. The molecule has 0 amide bonds. The molecular formula is C11H17F2N3. The van der Waals surface area contributed by atoms with Crippen LogP contribution in [0.5, 0.6) is 0 Å². The van der Waals surface area contributed by atoms with Gasteiger partial charge in [0.2, 0.25) is 0 Å². The quantitative estimate of drug-likeness (QED) is 0.811. The standard InChI is InChI=1S/C11H17F2N3/c1-8(9-2-3-9)6-14-7-10-15-4-5-16(10)11(12)13/h4-5,8-9,11,14H,2-3,6-7H2,1H3. The van der Waals surface area contributed by atoms with Crippen LogP contribution in [0.15, 0.2) is 12.4 Å². The van der Waals surface area contributed by atoms with Crippen LogP contribution < -0.4 is 5.32 Å². The van der Waals surface area contributed by atoms with E-state index in [1.165, 1.54) is 25.2 Å². The van der Waals surface area contributed by atoms with Crippen LogP contribution in [0.3, 0.4) is 0 Å². The molecule has 0 bridgehead atoms. The molecule has 3 nitrogen and oxygen atoms in total.